The molecular weight excluding hydrogens is 368 g/mol. The summed E-state index contributed by atoms with van der Waals surface area (Å²) in [5.74, 6) is -0.498. The normalized spacial score (nSPS) is 10.3. The fraction of sp³-hybridized carbons (Fsp3) is 0.143. The van der Waals surface area contributed by atoms with E-state index < -0.39 is 5.91 Å². The highest BCUT2D eigenvalue weighted by atomic mass is 16.2. The summed E-state index contributed by atoms with van der Waals surface area (Å²) in [6, 6.07) is 17.6. The van der Waals surface area contributed by atoms with E-state index in [-0.39, 0.29) is 5.91 Å². The van der Waals surface area contributed by atoms with E-state index in [9.17, 15) is 14.9 Å². The molecule has 29 heavy (non-hydrogen) atoms. The molecule has 0 saturated carbocycles. The molecule has 0 unspecified atom stereocenters. The highest BCUT2D eigenvalue weighted by molar-refractivity contribution is 5.97. The third kappa shape index (κ3) is 4.42. The number of nitrogen functional groups attached to an aromatic ring is 1. The third-order valence-electron chi connectivity index (χ3n) is 4.41. The zero-order valence-corrected chi connectivity index (χ0v) is 15.6. The van der Waals surface area contributed by atoms with Gasteiger partial charge in [0, 0.05) is 17.7 Å². The van der Waals surface area contributed by atoms with Crippen LogP contribution in [-0.4, -0.2) is 28.1 Å². The van der Waals surface area contributed by atoms with E-state index in [0.29, 0.717) is 47.6 Å². The molecule has 2 amide bonds. The summed E-state index contributed by atoms with van der Waals surface area (Å²) in [7, 11) is 0. The number of carbonyl (C=O) groups excluding carboxylic acids is 2. The molecule has 0 radical (unpaired) electrons. The first-order chi connectivity index (χ1) is 14.0. The van der Waals surface area contributed by atoms with E-state index in [1.807, 2.05) is 30.3 Å². The maximum Gasteiger partial charge on any atom is 0.251 e. The molecule has 2 aromatic carbocycles. The molecule has 146 valence electrons. The number of aryl methyl sites for hydroxylation is 1. The molecule has 5 N–H and O–H groups in total. The van der Waals surface area contributed by atoms with E-state index >= 15 is 0 Å². The lowest BCUT2D eigenvalue weighted by molar-refractivity contribution is 0.0950. The number of nitriles is 1. The van der Waals surface area contributed by atoms with Crippen LogP contribution in [0.2, 0.25) is 0 Å². The SMILES string of the molecule is N#Cc1c(CCCNC(=O)c2ccc(C(N)=O)cc2)nn(-c2ccccc2)c1N. The zero-order valence-electron chi connectivity index (χ0n) is 15.6. The van der Waals surface area contributed by atoms with Crippen LogP contribution in [0.3, 0.4) is 0 Å². The first-order valence-electron chi connectivity index (χ1n) is 9.02. The molecule has 0 aliphatic rings. The second-order valence-electron chi connectivity index (χ2n) is 6.37. The molecule has 8 heteroatoms. The molecular formula is C21H20N6O2. The number of para-hydroxylation sites is 1. The summed E-state index contributed by atoms with van der Waals surface area (Å²) < 4.78 is 1.55. The number of hydrogen-bond donors (Lipinski definition) is 3. The van der Waals surface area contributed by atoms with Crippen molar-refractivity contribution < 1.29 is 9.59 Å². The van der Waals surface area contributed by atoms with Crippen molar-refractivity contribution in [1.29, 1.82) is 5.26 Å². The Morgan fingerprint density at radius 2 is 1.72 bits per heavy atom. The van der Waals surface area contributed by atoms with Crippen molar-refractivity contribution in [3.63, 3.8) is 0 Å². The molecule has 0 fully saturated rings. The van der Waals surface area contributed by atoms with Crippen molar-refractivity contribution in [2.45, 2.75) is 12.8 Å². The maximum absolute atomic E-state index is 12.2. The quantitative estimate of drug-likeness (QED) is 0.529. The predicted octanol–water partition coefficient (Wildman–Crippen LogP) is 1.79. The number of benzene rings is 2. The number of nitrogens with one attached hydrogen (secondary N) is 1. The van der Waals surface area contributed by atoms with Gasteiger partial charge in [0.1, 0.15) is 17.5 Å². The maximum atomic E-state index is 12.2. The van der Waals surface area contributed by atoms with Gasteiger partial charge in [0.25, 0.3) is 5.91 Å². The van der Waals surface area contributed by atoms with E-state index in [0.717, 1.165) is 5.69 Å². The Balaban J connectivity index is 1.60. The van der Waals surface area contributed by atoms with Gasteiger partial charge in [0.05, 0.1) is 11.4 Å². The number of nitrogens with two attached hydrogens (primary N) is 2. The van der Waals surface area contributed by atoms with Gasteiger partial charge in [-0.15, -0.1) is 0 Å². The van der Waals surface area contributed by atoms with Gasteiger partial charge in [-0.25, -0.2) is 4.68 Å². The number of anilines is 1. The van der Waals surface area contributed by atoms with Crippen molar-refractivity contribution in [3.8, 4) is 11.8 Å². The zero-order chi connectivity index (χ0) is 20.8. The largest absolute Gasteiger partial charge is 0.382 e. The van der Waals surface area contributed by atoms with Crippen LogP contribution in [0.25, 0.3) is 5.69 Å². The Hall–Kier alpha value is -4.12. The highest BCUT2D eigenvalue weighted by Gasteiger charge is 2.16. The van der Waals surface area contributed by atoms with Crippen molar-refractivity contribution in [3.05, 3.63) is 77.0 Å². The minimum Gasteiger partial charge on any atom is -0.382 e. The standard InChI is InChI=1S/C21H20N6O2/c22-13-17-18(26-27(19(17)23)16-5-2-1-3-6-16)7-4-12-25-21(29)15-10-8-14(9-11-15)20(24)28/h1-3,5-6,8-11H,4,7,12,23H2,(H2,24,28)(H,25,29). The summed E-state index contributed by atoms with van der Waals surface area (Å²) in [5, 5.41) is 16.7. The number of carbonyl (C=O) groups is 2. The Kier molecular flexibility index (Phi) is 5.90. The van der Waals surface area contributed by atoms with Crippen LogP contribution >= 0.6 is 0 Å². The molecule has 0 saturated heterocycles. The molecule has 0 aliphatic heterocycles. The first kappa shape index (κ1) is 19.6. The number of rotatable bonds is 7. The van der Waals surface area contributed by atoms with Crippen LogP contribution in [0.4, 0.5) is 5.82 Å². The van der Waals surface area contributed by atoms with E-state index in [2.05, 4.69) is 16.5 Å². The smallest absolute Gasteiger partial charge is 0.251 e. The Morgan fingerprint density at radius 1 is 1.07 bits per heavy atom. The fourth-order valence-electron chi connectivity index (χ4n) is 2.89. The van der Waals surface area contributed by atoms with E-state index in [4.69, 9.17) is 11.5 Å². The summed E-state index contributed by atoms with van der Waals surface area (Å²) in [5.41, 5.74) is 13.8. The second-order valence-corrected chi connectivity index (χ2v) is 6.37. The van der Waals surface area contributed by atoms with E-state index in [1.54, 1.807) is 16.8 Å². The second kappa shape index (κ2) is 8.71. The molecule has 0 bridgehead atoms. The number of hydrogen-bond acceptors (Lipinski definition) is 5. The van der Waals surface area contributed by atoms with Crippen LogP contribution in [0, 0.1) is 11.3 Å². The molecule has 0 atom stereocenters. The van der Waals surface area contributed by atoms with Gasteiger partial charge in [0.2, 0.25) is 5.91 Å². The number of aromatic nitrogens is 2. The van der Waals surface area contributed by atoms with Gasteiger partial charge >= 0.3 is 0 Å². The average molecular weight is 388 g/mol. The van der Waals surface area contributed by atoms with Gasteiger partial charge < -0.3 is 16.8 Å². The number of nitrogens with zero attached hydrogens (tertiary/aromatic N) is 3. The van der Waals surface area contributed by atoms with E-state index in [1.165, 1.54) is 12.1 Å². The molecule has 0 spiro atoms. The van der Waals surface area contributed by atoms with Gasteiger partial charge in [-0.2, -0.15) is 10.4 Å². The van der Waals surface area contributed by atoms with Crippen LogP contribution in [0.5, 0.6) is 0 Å². The molecule has 3 rings (SSSR count). The average Bonchev–Trinajstić information content (AvgIpc) is 3.07. The van der Waals surface area contributed by atoms with Crippen LogP contribution in [0.1, 0.15) is 38.4 Å². The van der Waals surface area contributed by atoms with Gasteiger partial charge in [-0.05, 0) is 49.2 Å². The lowest BCUT2D eigenvalue weighted by Crippen LogP contribution is -2.25. The minimum atomic E-state index is -0.542. The van der Waals surface area contributed by atoms with Crippen molar-refractivity contribution in [2.75, 3.05) is 12.3 Å². The minimum absolute atomic E-state index is 0.254. The Labute approximate surface area is 167 Å². The summed E-state index contributed by atoms with van der Waals surface area (Å²) in [6.45, 7) is 0.402. The molecule has 0 aliphatic carbocycles. The highest BCUT2D eigenvalue weighted by Crippen LogP contribution is 2.21. The van der Waals surface area contributed by atoms with Gasteiger partial charge in [-0.1, -0.05) is 18.2 Å². The number of amides is 2. The lowest BCUT2D eigenvalue weighted by atomic mass is 10.1. The Morgan fingerprint density at radius 3 is 2.34 bits per heavy atom. The van der Waals surface area contributed by atoms with Crippen LogP contribution in [-0.2, 0) is 6.42 Å². The molecule has 8 nitrogen and oxygen atoms in total. The number of primary amides is 1. The topological polar surface area (TPSA) is 140 Å². The molecule has 1 heterocycles. The molecule has 1 aromatic heterocycles. The monoisotopic (exact) mass is 388 g/mol. The van der Waals surface area contributed by atoms with Crippen molar-refractivity contribution in [2.24, 2.45) is 5.73 Å². The predicted molar refractivity (Wildman–Crippen MR) is 108 cm³/mol. The summed E-state index contributed by atoms with van der Waals surface area (Å²) >= 11 is 0. The van der Waals surface area contributed by atoms with Gasteiger partial charge in [-0.3, -0.25) is 9.59 Å². The van der Waals surface area contributed by atoms with Gasteiger partial charge in [0.15, 0.2) is 0 Å². The van der Waals surface area contributed by atoms with Crippen LogP contribution in [0.15, 0.2) is 54.6 Å². The lowest BCUT2D eigenvalue weighted by Gasteiger charge is -2.05. The third-order valence-corrected chi connectivity index (χ3v) is 4.41. The van der Waals surface area contributed by atoms with Crippen LogP contribution < -0.4 is 16.8 Å². The first-order valence-corrected chi connectivity index (χ1v) is 9.02. The molecule has 3 aromatic rings. The van der Waals surface area contributed by atoms with Crippen molar-refractivity contribution in [1.82, 2.24) is 15.1 Å². The summed E-state index contributed by atoms with van der Waals surface area (Å²) in [4.78, 5) is 23.3. The Bertz CT molecular complexity index is 1070. The fourth-order valence-corrected chi connectivity index (χ4v) is 2.89. The summed E-state index contributed by atoms with van der Waals surface area (Å²) in [6.07, 6.45) is 1.08. The van der Waals surface area contributed by atoms with Crippen molar-refractivity contribution >= 4 is 17.6 Å².